The van der Waals surface area contributed by atoms with Crippen LogP contribution < -0.4 is 4.90 Å². The third-order valence-electron chi connectivity index (χ3n) is 9.73. The molecule has 0 fully saturated rings. The summed E-state index contributed by atoms with van der Waals surface area (Å²) in [6.45, 7) is 2.18. The van der Waals surface area contributed by atoms with E-state index in [4.69, 9.17) is 9.97 Å². The average molecular weight is 702 g/mol. The molecular weight excluding hydrogens is 671 g/mol. The number of rotatable bonds is 6. The van der Waals surface area contributed by atoms with Crippen molar-refractivity contribution in [1.82, 2.24) is 9.97 Å². The van der Waals surface area contributed by atoms with Crippen LogP contribution in [0.2, 0.25) is 0 Å². The summed E-state index contributed by atoms with van der Waals surface area (Å²) in [6, 6.07) is 61.1. The number of aryl methyl sites for hydroxylation is 1. The highest BCUT2D eigenvalue weighted by atomic mass is 32.1. The summed E-state index contributed by atoms with van der Waals surface area (Å²) in [4.78, 5) is 12.2. The number of hydrogen-bond donors (Lipinski definition) is 0. The zero-order chi connectivity index (χ0) is 34.6. The Morgan fingerprint density at radius 1 is 0.423 bits per heavy atom. The highest BCUT2D eigenvalue weighted by molar-refractivity contribution is 7.22. The third-order valence-corrected chi connectivity index (χ3v) is 11.9. The molecule has 0 aliphatic carbocycles. The molecule has 0 bridgehead atoms. The number of fused-ring (bicyclic) bond motifs is 4. The predicted molar refractivity (Wildman–Crippen MR) is 224 cm³/mol. The number of para-hydroxylation sites is 2. The van der Waals surface area contributed by atoms with Gasteiger partial charge in [-0.05, 0) is 136 Å². The molecule has 0 radical (unpaired) electrons. The van der Waals surface area contributed by atoms with Gasteiger partial charge in [0.25, 0.3) is 0 Å². The van der Waals surface area contributed by atoms with Crippen LogP contribution in [0, 0.1) is 6.92 Å². The van der Waals surface area contributed by atoms with Gasteiger partial charge in [0.15, 0.2) is 0 Å². The van der Waals surface area contributed by atoms with Gasteiger partial charge in [0, 0.05) is 28.2 Å². The van der Waals surface area contributed by atoms with Crippen LogP contribution in [0.1, 0.15) is 5.56 Å². The molecule has 0 atom stereocenters. The highest BCUT2D eigenvalue weighted by Gasteiger charge is 2.16. The van der Waals surface area contributed by atoms with E-state index in [1.165, 1.54) is 47.6 Å². The van der Waals surface area contributed by atoms with Crippen molar-refractivity contribution in [1.29, 1.82) is 0 Å². The van der Waals surface area contributed by atoms with Crippen molar-refractivity contribution in [3.8, 4) is 32.3 Å². The van der Waals surface area contributed by atoms with Crippen molar-refractivity contribution in [2.24, 2.45) is 0 Å². The van der Waals surface area contributed by atoms with Crippen molar-refractivity contribution in [3.05, 3.63) is 175 Å². The summed E-state index contributed by atoms with van der Waals surface area (Å²) >= 11 is 3.46. The van der Waals surface area contributed by atoms with Gasteiger partial charge in [-0.3, -0.25) is 0 Å². The summed E-state index contributed by atoms with van der Waals surface area (Å²) in [5.74, 6) is 0. The number of nitrogens with zero attached hydrogens (tertiary/aromatic N) is 3. The normalized spacial score (nSPS) is 11.6. The zero-order valence-corrected chi connectivity index (χ0v) is 30.0. The minimum atomic E-state index is 1.03. The molecular formula is C47H31N3S2. The van der Waals surface area contributed by atoms with E-state index in [9.17, 15) is 0 Å². The third kappa shape index (κ3) is 5.52. The summed E-state index contributed by atoms with van der Waals surface area (Å²) in [5, 5.41) is 7.01. The lowest BCUT2D eigenvalue weighted by Crippen LogP contribution is -2.09. The Morgan fingerprint density at radius 2 is 0.942 bits per heavy atom. The van der Waals surface area contributed by atoms with Crippen molar-refractivity contribution < 1.29 is 0 Å². The monoisotopic (exact) mass is 701 g/mol. The van der Waals surface area contributed by atoms with Crippen LogP contribution in [0.15, 0.2) is 170 Å². The lowest BCUT2D eigenvalue weighted by Gasteiger charge is -2.26. The van der Waals surface area contributed by atoms with E-state index in [1.54, 1.807) is 22.7 Å². The first-order valence-electron chi connectivity index (χ1n) is 17.4. The predicted octanol–water partition coefficient (Wildman–Crippen LogP) is 14.0. The van der Waals surface area contributed by atoms with Crippen LogP contribution in [0.3, 0.4) is 0 Å². The maximum Gasteiger partial charge on any atom is 0.124 e. The standard InChI is InChI=1S/C47H31N3S2/c1-30-26-35-8-2-3-9-40(35)41(27-30)36-15-14-34-29-39(25-20-33(34)28-36)50(37-21-16-31(17-22-37)46-48-42-10-4-6-12-44(42)51-46)38-23-18-32(19-24-38)47-49-43-11-5-7-13-45(43)52-47/h2-29H,1H3. The summed E-state index contributed by atoms with van der Waals surface area (Å²) in [6.07, 6.45) is 0. The maximum absolute atomic E-state index is 4.91. The fraction of sp³-hybridized carbons (Fsp3) is 0.0213. The largest absolute Gasteiger partial charge is 0.310 e. The molecule has 246 valence electrons. The van der Waals surface area contributed by atoms with Crippen LogP contribution in [0.4, 0.5) is 17.1 Å². The second-order valence-corrected chi connectivity index (χ2v) is 15.2. The molecule has 3 nitrogen and oxygen atoms in total. The van der Waals surface area contributed by atoms with Crippen molar-refractivity contribution in [2.75, 3.05) is 4.90 Å². The van der Waals surface area contributed by atoms with Crippen LogP contribution in [-0.2, 0) is 0 Å². The quantitative estimate of drug-likeness (QED) is 0.173. The molecule has 2 aromatic heterocycles. The van der Waals surface area contributed by atoms with E-state index in [0.717, 1.165) is 49.2 Å². The van der Waals surface area contributed by atoms with E-state index >= 15 is 0 Å². The lowest BCUT2D eigenvalue weighted by atomic mass is 9.94. The van der Waals surface area contributed by atoms with E-state index in [0.29, 0.717) is 0 Å². The zero-order valence-electron chi connectivity index (χ0n) is 28.3. The Morgan fingerprint density at radius 3 is 1.58 bits per heavy atom. The molecule has 0 aliphatic heterocycles. The van der Waals surface area contributed by atoms with Crippen LogP contribution in [0.5, 0.6) is 0 Å². The van der Waals surface area contributed by atoms with Gasteiger partial charge in [0.1, 0.15) is 10.0 Å². The smallest absolute Gasteiger partial charge is 0.124 e. The Labute approximate surface area is 309 Å². The van der Waals surface area contributed by atoms with E-state index in [-0.39, 0.29) is 0 Å². The van der Waals surface area contributed by atoms with Gasteiger partial charge in [-0.2, -0.15) is 0 Å². The van der Waals surface area contributed by atoms with Gasteiger partial charge in [-0.1, -0.05) is 78.9 Å². The van der Waals surface area contributed by atoms with E-state index in [1.807, 2.05) is 12.1 Å². The fourth-order valence-electron chi connectivity index (χ4n) is 7.18. The SMILES string of the molecule is Cc1cc(-c2ccc3cc(N(c4ccc(-c5nc6ccccc6s5)cc4)c4ccc(-c5nc6ccccc6s5)cc4)ccc3c2)c2ccccc2c1. The highest BCUT2D eigenvalue weighted by Crippen LogP contribution is 2.40. The Balaban J connectivity index is 1.05. The Hall–Kier alpha value is -6.14. The molecule has 0 saturated heterocycles. The number of aromatic nitrogens is 2. The van der Waals surface area contributed by atoms with Gasteiger partial charge in [-0.15, -0.1) is 22.7 Å². The number of anilines is 3. The average Bonchev–Trinajstić information content (AvgIpc) is 3.83. The molecule has 5 heteroatoms. The molecule has 0 unspecified atom stereocenters. The first kappa shape index (κ1) is 30.7. The van der Waals surface area contributed by atoms with Gasteiger partial charge in [0.2, 0.25) is 0 Å². The molecule has 0 aliphatic rings. The molecule has 0 amide bonds. The van der Waals surface area contributed by atoms with Crippen LogP contribution >= 0.6 is 22.7 Å². The molecule has 10 aromatic rings. The molecule has 8 aromatic carbocycles. The lowest BCUT2D eigenvalue weighted by molar-refractivity contribution is 1.29. The van der Waals surface area contributed by atoms with E-state index < -0.39 is 0 Å². The minimum absolute atomic E-state index is 1.03. The molecule has 0 saturated carbocycles. The Kier molecular flexibility index (Phi) is 7.41. The minimum Gasteiger partial charge on any atom is -0.310 e. The number of benzene rings is 8. The van der Waals surface area contributed by atoms with Crippen molar-refractivity contribution in [3.63, 3.8) is 0 Å². The topological polar surface area (TPSA) is 29.0 Å². The van der Waals surface area contributed by atoms with Gasteiger partial charge in [-0.25, -0.2) is 9.97 Å². The van der Waals surface area contributed by atoms with Crippen molar-refractivity contribution in [2.45, 2.75) is 6.92 Å². The maximum atomic E-state index is 4.91. The Bertz CT molecular complexity index is 2740. The first-order chi connectivity index (χ1) is 25.6. The second-order valence-electron chi connectivity index (χ2n) is 13.2. The first-order valence-corrected chi connectivity index (χ1v) is 19.0. The van der Waals surface area contributed by atoms with Gasteiger partial charge in [0.05, 0.1) is 20.4 Å². The van der Waals surface area contributed by atoms with Crippen molar-refractivity contribution >= 4 is 81.7 Å². The van der Waals surface area contributed by atoms with Crippen LogP contribution in [-0.4, -0.2) is 9.97 Å². The number of hydrogen-bond acceptors (Lipinski definition) is 5. The molecule has 2 heterocycles. The van der Waals surface area contributed by atoms with Gasteiger partial charge >= 0.3 is 0 Å². The summed E-state index contributed by atoms with van der Waals surface area (Å²) in [7, 11) is 0. The summed E-state index contributed by atoms with van der Waals surface area (Å²) < 4.78 is 2.40. The van der Waals surface area contributed by atoms with E-state index in [2.05, 4.69) is 170 Å². The molecule has 0 spiro atoms. The molecule has 0 N–H and O–H groups in total. The fourth-order valence-corrected chi connectivity index (χ4v) is 9.13. The van der Waals surface area contributed by atoms with Crippen LogP contribution in [0.25, 0.3) is 74.2 Å². The molecule has 52 heavy (non-hydrogen) atoms. The van der Waals surface area contributed by atoms with Gasteiger partial charge < -0.3 is 4.90 Å². The number of thiazole rings is 2. The molecule has 10 rings (SSSR count). The second kappa shape index (κ2) is 12.6. The summed E-state index contributed by atoms with van der Waals surface area (Å²) in [5.41, 5.74) is 11.3.